The van der Waals surface area contributed by atoms with E-state index in [-0.39, 0.29) is 37.6 Å². The van der Waals surface area contributed by atoms with Gasteiger partial charge in [0.2, 0.25) is 5.91 Å². The lowest BCUT2D eigenvalue weighted by atomic mass is 10.2. The second kappa shape index (κ2) is 10.6. The molecule has 0 bridgehead atoms. The number of hydrogen-bond acceptors (Lipinski definition) is 7. The highest BCUT2D eigenvalue weighted by Crippen LogP contribution is 2.14. The Kier molecular flexibility index (Phi) is 7.66. The number of carbonyl (C=O) groups excluding carboxylic acids is 3. The summed E-state index contributed by atoms with van der Waals surface area (Å²) in [5.41, 5.74) is 1.63. The Morgan fingerprint density at radius 1 is 1.00 bits per heavy atom. The number of hydrogen-bond donors (Lipinski definition) is 1. The molecule has 0 unspecified atom stereocenters. The average Bonchev–Trinajstić information content (AvgIpc) is 3.42. The van der Waals surface area contributed by atoms with Crippen molar-refractivity contribution in [1.29, 1.82) is 0 Å². The summed E-state index contributed by atoms with van der Waals surface area (Å²) in [6.45, 7) is 0.508. The van der Waals surface area contributed by atoms with Gasteiger partial charge < -0.3 is 10.1 Å². The molecular formula is C21H20N2O4S2. The van der Waals surface area contributed by atoms with Gasteiger partial charge in [-0.15, -0.1) is 22.7 Å². The van der Waals surface area contributed by atoms with Gasteiger partial charge in [0.25, 0.3) is 0 Å². The van der Waals surface area contributed by atoms with Crippen molar-refractivity contribution in [1.82, 2.24) is 10.3 Å². The van der Waals surface area contributed by atoms with E-state index in [0.717, 1.165) is 5.56 Å². The Morgan fingerprint density at radius 3 is 2.59 bits per heavy atom. The molecule has 0 saturated carbocycles. The van der Waals surface area contributed by atoms with Crippen LogP contribution >= 0.6 is 22.7 Å². The fourth-order valence-electron chi connectivity index (χ4n) is 2.50. The molecule has 3 rings (SSSR count). The number of benzene rings is 1. The van der Waals surface area contributed by atoms with Crippen molar-refractivity contribution in [3.63, 3.8) is 0 Å². The second-order valence-corrected chi connectivity index (χ2v) is 8.12. The van der Waals surface area contributed by atoms with E-state index in [9.17, 15) is 14.4 Å². The van der Waals surface area contributed by atoms with Crippen LogP contribution in [0.5, 0.6) is 0 Å². The summed E-state index contributed by atoms with van der Waals surface area (Å²) in [7, 11) is 0. The fraction of sp³-hybridized carbons (Fsp3) is 0.238. The Balaban J connectivity index is 1.36. The predicted molar refractivity (Wildman–Crippen MR) is 112 cm³/mol. The Labute approximate surface area is 176 Å². The van der Waals surface area contributed by atoms with Crippen LogP contribution in [0.15, 0.2) is 53.2 Å². The average molecular weight is 429 g/mol. The number of thiazole rings is 1. The largest absolute Gasteiger partial charge is 0.459 e. The molecule has 0 fully saturated rings. The molecule has 0 atom stereocenters. The van der Waals surface area contributed by atoms with Crippen molar-refractivity contribution < 1.29 is 19.1 Å². The predicted octanol–water partition coefficient (Wildman–Crippen LogP) is 3.77. The van der Waals surface area contributed by atoms with Gasteiger partial charge in [-0.2, -0.15) is 0 Å². The van der Waals surface area contributed by atoms with Crippen molar-refractivity contribution in [2.24, 2.45) is 0 Å². The van der Waals surface area contributed by atoms with Crippen LogP contribution in [0.2, 0.25) is 0 Å². The summed E-state index contributed by atoms with van der Waals surface area (Å²) in [5, 5.41) is 7.11. The molecule has 0 saturated heterocycles. The van der Waals surface area contributed by atoms with Crippen LogP contribution in [0, 0.1) is 0 Å². The third-order valence-corrected chi connectivity index (χ3v) is 5.79. The lowest BCUT2D eigenvalue weighted by Gasteiger charge is -2.04. The molecule has 2 aromatic heterocycles. The Morgan fingerprint density at radius 2 is 1.83 bits per heavy atom. The van der Waals surface area contributed by atoms with Gasteiger partial charge in [-0.1, -0.05) is 36.4 Å². The van der Waals surface area contributed by atoms with Gasteiger partial charge in [-0.3, -0.25) is 14.4 Å². The number of amides is 1. The molecule has 6 nitrogen and oxygen atoms in total. The molecule has 8 heteroatoms. The Bertz CT molecular complexity index is 952. The molecule has 3 aromatic rings. The van der Waals surface area contributed by atoms with E-state index < -0.39 is 5.97 Å². The number of esters is 1. The van der Waals surface area contributed by atoms with Crippen molar-refractivity contribution in [3.8, 4) is 0 Å². The lowest BCUT2D eigenvalue weighted by Crippen LogP contribution is -2.24. The molecule has 1 N–H and O–H groups in total. The molecule has 2 heterocycles. The topological polar surface area (TPSA) is 85.4 Å². The SMILES string of the molecule is O=C(Cc1nc(COC(=O)CCC(=O)c2cccs2)cs1)NCc1ccccc1. The van der Waals surface area contributed by atoms with Gasteiger partial charge in [0.15, 0.2) is 5.78 Å². The fourth-order valence-corrected chi connectivity index (χ4v) is 3.97. The van der Waals surface area contributed by atoms with E-state index in [1.807, 2.05) is 35.7 Å². The summed E-state index contributed by atoms with van der Waals surface area (Å²) in [5.74, 6) is -0.613. The molecule has 0 aliphatic rings. The highest BCUT2D eigenvalue weighted by Gasteiger charge is 2.13. The maximum Gasteiger partial charge on any atom is 0.306 e. The Hall–Kier alpha value is -2.84. The van der Waals surface area contributed by atoms with E-state index in [4.69, 9.17) is 4.74 Å². The number of aromatic nitrogens is 1. The van der Waals surface area contributed by atoms with Crippen LogP contribution in [0.4, 0.5) is 0 Å². The van der Waals surface area contributed by atoms with Gasteiger partial charge in [0.05, 0.1) is 23.4 Å². The van der Waals surface area contributed by atoms with Crippen molar-refractivity contribution >= 4 is 40.3 Å². The smallest absolute Gasteiger partial charge is 0.306 e. The summed E-state index contributed by atoms with van der Waals surface area (Å²) >= 11 is 2.71. The van der Waals surface area contributed by atoms with Crippen LogP contribution in [-0.2, 0) is 33.9 Å². The summed E-state index contributed by atoms with van der Waals surface area (Å²) < 4.78 is 5.18. The normalized spacial score (nSPS) is 10.5. The maximum absolute atomic E-state index is 12.0. The van der Waals surface area contributed by atoms with Crippen molar-refractivity contribution in [2.75, 3.05) is 0 Å². The van der Waals surface area contributed by atoms with E-state index in [2.05, 4.69) is 10.3 Å². The lowest BCUT2D eigenvalue weighted by molar-refractivity contribution is -0.145. The number of Topliss-reactive ketones (excluding diaryl/α,β-unsaturated/α-hetero) is 1. The maximum atomic E-state index is 12.0. The molecule has 0 spiro atoms. The van der Waals surface area contributed by atoms with Gasteiger partial charge in [-0.05, 0) is 17.0 Å². The zero-order valence-corrected chi connectivity index (χ0v) is 17.3. The second-order valence-electron chi connectivity index (χ2n) is 6.23. The highest BCUT2D eigenvalue weighted by atomic mass is 32.1. The number of ether oxygens (including phenoxy) is 1. The van der Waals surface area contributed by atoms with E-state index in [0.29, 0.717) is 22.1 Å². The summed E-state index contributed by atoms with van der Waals surface area (Å²) in [4.78, 5) is 40.7. The zero-order valence-electron chi connectivity index (χ0n) is 15.6. The molecular weight excluding hydrogens is 408 g/mol. The van der Waals surface area contributed by atoms with Crippen LogP contribution in [0.3, 0.4) is 0 Å². The highest BCUT2D eigenvalue weighted by molar-refractivity contribution is 7.12. The van der Waals surface area contributed by atoms with Gasteiger partial charge in [0, 0.05) is 18.3 Å². The third kappa shape index (κ3) is 6.92. The monoisotopic (exact) mass is 428 g/mol. The molecule has 29 heavy (non-hydrogen) atoms. The number of ketones is 1. The first-order valence-corrected chi connectivity index (χ1v) is 10.8. The molecule has 1 aromatic carbocycles. The standard InChI is InChI=1S/C21H20N2O4S2/c24-17(18-7-4-10-28-18)8-9-21(26)27-13-16-14-29-20(23-16)11-19(25)22-12-15-5-2-1-3-6-15/h1-7,10,14H,8-9,11-13H2,(H,22,25). The van der Waals surface area contributed by atoms with Crippen LogP contribution in [0.25, 0.3) is 0 Å². The van der Waals surface area contributed by atoms with Crippen LogP contribution in [-0.4, -0.2) is 22.6 Å². The molecule has 150 valence electrons. The molecule has 0 aliphatic carbocycles. The van der Waals surface area contributed by atoms with Crippen LogP contribution < -0.4 is 5.32 Å². The van der Waals surface area contributed by atoms with Crippen LogP contribution in [0.1, 0.15) is 38.8 Å². The number of nitrogens with one attached hydrogen (secondary N) is 1. The van der Waals surface area contributed by atoms with Gasteiger partial charge >= 0.3 is 5.97 Å². The van der Waals surface area contributed by atoms with E-state index in [1.54, 1.807) is 17.5 Å². The van der Waals surface area contributed by atoms with E-state index >= 15 is 0 Å². The molecule has 0 radical (unpaired) electrons. The number of thiophene rings is 1. The molecule has 0 aliphatic heterocycles. The minimum Gasteiger partial charge on any atom is -0.459 e. The molecule has 1 amide bonds. The first kappa shape index (κ1) is 20.9. The summed E-state index contributed by atoms with van der Waals surface area (Å²) in [6.07, 6.45) is 0.347. The minimum absolute atomic E-state index is 0.0359. The quantitative estimate of drug-likeness (QED) is 0.392. The van der Waals surface area contributed by atoms with Gasteiger partial charge in [0.1, 0.15) is 11.6 Å². The van der Waals surface area contributed by atoms with Crippen molar-refractivity contribution in [2.45, 2.75) is 32.4 Å². The number of nitrogens with zero attached hydrogens (tertiary/aromatic N) is 1. The summed E-state index contributed by atoms with van der Waals surface area (Å²) in [6, 6.07) is 13.2. The number of carbonyl (C=O) groups is 3. The number of rotatable bonds is 10. The zero-order chi connectivity index (χ0) is 20.5. The first-order valence-electron chi connectivity index (χ1n) is 9.06. The van der Waals surface area contributed by atoms with Crippen molar-refractivity contribution in [3.05, 3.63) is 74.4 Å². The first-order chi connectivity index (χ1) is 14.1. The third-order valence-electron chi connectivity index (χ3n) is 3.98. The van der Waals surface area contributed by atoms with E-state index in [1.165, 1.54) is 22.7 Å². The van der Waals surface area contributed by atoms with Gasteiger partial charge in [-0.25, -0.2) is 4.98 Å². The minimum atomic E-state index is -0.440.